The smallest absolute Gasteiger partial charge is 0.210 e. The SMILES string of the molecule is O=CN1CCc2c(O)cccc2C1. The zero-order chi connectivity index (χ0) is 9.26. The lowest BCUT2D eigenvalue weighted by Gasteiger charge is -2.25. The van der Waals surface area contributed by atoms with Gasteiger partial charge in [0.2, 0.25) is 6.41 Å². The summed E-state index contributed by atoms with van der Waals surface area (Å²) in [4.78, 5) is 12.2. The van der Waals surface area contributed by atoms with Crippen LogP contribution in [0.1, 0.15) is 11.1 Å². The van der Waals surface area contributed by atoms with Crippen LogP contribution in [0.3, 0.4) is 0 Å². The molecule has 1 aliphatic rings. The lowest BCUT2D eigenvalue weighted by molar-refractivity contribution is -0.118. The van der Waals surface area contributed by atoms with E-state index in [1.165, 1.54) is 0 Å². The molecule has 3 heteroatoms. The van der Waals surface area contributed by atoms with E-state index in [1.54, 1.807) is 11.0 Å². The first-order valence-electron chi connectivity index (χ1n) is 4.30. The number of aromatic hydroxyl groups is 1. The van der Waals surface area contributed by atoms with E-state index in [1.807, 2.05) is 12.1 Å². The highest BCUT2D eigenvalue weighted by atomic mass is 16.3. The van der Waals surface area contributed by atoms with Crippen molar-refractivity contribution in [1.82, 2.24) is 4.90 Å². The number of phenolic OH excluding ortho intramolecular Hbond substituents is 1. The third-order valence-corrected chi connectivity index (χ3v) is 2.42. The molecule has 13 heavy (non-hydrogen) atoms. The highest BCUT2D eigenvalue weighted by Crippen LogP contribution is 2.25. The Labute approximate surface area is 76.6 Å². The van der Waals surface area contributed by atoms with Gasteiger partial charge in [0.1, 0.15) is 5.75 Å². The Morgan fingerprint density at radius 1 is 1.46 bits per heavy atom. The molecule has 68 valence electrons. The molecular weight excluding hydrogens is 166 g/mol. The molecule has 1 aromatic rings. The summed E-state index contributed by atoms with van der Waals surface area (Å²) in [6.07, 6.45) is 1.60. The average molecular weight is 177 g/mol. The van der Waals surface area contributed by atoms with Crippen molar-refractivity contribution in [3.05, 3.63) is 29.3 Å². The summed E-state index contributed by atoms with van der Waals surface area (Å²) in [6.45, 7) is 1.32. The maximum Gasteiger partial charge on any atom is 0.210 e. The van der Waals surface area contributed by atoms with Gasteiger partial charge in [0.25, 0.3) is 0 Å². The van der Waals surface area contributed by atoms with Crippen LogP contribution in [0.15, 0.2) is 18.2 Å². The molecule has 2 rings (SSSR count). The molecule has 0 unspecified atom stereocenters. The van der Waals surface area contributed by atoms with Gasteiger partial charge in [-0.1, -0.05) is 12.1 Å². The molecule has 0 bridgehead atoms. The Bertz CT molecular complexity index is 336. The number of benzene rings is 1. The maximum atomic E-state index is 10.5. The van der Waals surface area contributed by atoms with Crippen molar-refractivity contribution in [3.8, 4) is 5.75 Å². The van der Waals surface area contributed by atoms with E-state index in [-0.39, 0.29) is 0 Å². The van der Waals surface area contributed by atoms with Crippen molar-refractivity contribution in [1.29, 1.82) is 0 Å². The lowest BCUT2D eigenvalue weighted by atomic mass is 9.99. The topological polar surface area (TPSA) is 40.5 Å². The van der Waals surface area contributed by atoms with Crippen LogP contribution in [0, 0.1) is 0 Å². The van der Waals surface area contributed by atoms with Crippen molar-refractivity contribution in [2.75, 3.05) is 6.54 Å². The van der Waals surface area contributed by atoms with Crippen LogP contribution >= 0.6 is 0 Å². The van der Waals surface area contributed by atoms with Crippen LogP contribution < -0.4 is 0 Å². The second-order valence-corrected chi connectivity index (χ2v) is 3.24. The lowest BCUT2D eigenvalue weighted by Crippen LogP contribution is -2.29. The molecule has 0 saturated carbocycles. The van der Waals surface area contributed by atoms with Crippen LogP contribution in [0.25, 0.3) is 0 Å². The molecule has 1 amide bonds. The van der Waals surface area contributed by atoms with Crippen molar-refractivity contribution in [2.45, 2.75) is 13.0 Å². The minimum atomic E-state index is 0.350. The number of rotatable bonds is 1. The molecule has 0 fully saturated rings. The maximum absolute atomic E-state index is 10.5. The fourth-order valence-electron chi connectivity index (χ4n) is 1.70. The van der Waals surface area contributed by atoms with E-state index < -0.39 is 0 Å². The molecule has 1 heterocycles. The van der Waals surface area contributed by atoms with Gasteiger partial charge < -0.3 is 10.0 Å². The van der Waals surface area contributed by atoms with Gasteiger partial charge >= 0.3 is 0 Å². The third-order valence-electron chi connectivity index (χ3n) is 2.42. The monoisotopic (exact) mass is 177 g/mol. The average Bonchev–Trinajstić information content (AvgIpc) is 2.18. The number of carbonyl (C=O) groups is 1. The number of amides is 1. The minimum absolute atomic E-state index is 0.350. The Morgan fingerprint density at radius 2 is 2.31 bits per heavy atom. The second kappa shape index (κ2) is 3.09. The number of carbonyl (C=O) groups excluding carboxylic acids is 1. The Kier molecular flexibility index (Phi) is 1.93. The molecule has 0 radical (unpaired) electrons. The van der Waals surface area contributed by atoms with Gasteiger partial charge in [-0.3, -0.25) is 4.79 Å². The summed E-state index contributed by atoms with van der Waals surface area (Å²) >= 11 is 0. The Morgan fingerprint density at radius 3 is 3.08 bits per heavy atom. The van der Waals surface area contributed by atoms with Crippen LogP contribution in [0.2, 0.25) is 0 Å². The van der Waals surface area contributed by atoms with E-state index in [4.69, 9.17) is 0 Å². The molecule has 0 saturated heterocycles. The van der Waals surface area contributed by atoms with E-state index >= 15 is 0 Å². The van der Waals surface area contributed by atoms with Crippen LogP contribution in [0.4, 0.5) is 0 Å². The third kappa shape index (κ3) is 1.37. The van der Waals surface area contributed by atoms with Crippen LogP contribution in [-0.2, 0) is 17.8 Å². The van der Waals surface area contributed by atoms with Gasteiger partial charge in [-0.25, -0.2) is 0 Å². The fourth-order valence-corrected chi connectivity index (χ4v) is 1.70. The quantitative estimate of drug-likeness (QED) is 0.647. The van der Waals surface area contributed by atoms with E-state index in [0.29, 0.717) is 18.8 Å². The van der Waals surface area contributed by atoms with Crippen LogP contribution in [0.5, 0.6) is 5.75 Å². The summed E-state index contributed by atoms with van der Waals surface area (Å²) in [7, 11) is 0. The summed E-state index contributed by atoms with van der Waals surface area (Å²) in [5, 5.41) is 9.51. The number of phenols is 1. The minimum Gasteiger partial charge on any atom is -0.508 e. The van der Waals surface area contributed by atoms with Crippen molar-refractivity contribution in [2.24, 2.45) is 0 Å². The number of fused-ring (bicyclic) bond motifs is 1. The molecule has 0 atom stereocenters. The molecule has 1 aromatic carbocycles. The van der Waals surface area contributed by atoms with Gasteiger partial charge in [0.15, 0.2) is 0 Å². The van der Waals surface area contributed by atoms with Gasteiger partial charge in [-0.15, -0.1) is 0 Å². The standard InChI is InChI=1S/C10H11NO2/c12-7-11-5-4-9-8(6-11)2-1-3-10(9)13/h1-3,7,13H,4-6H2. The van der Waals surface area contributed by atoms with Gasteiger partial charge in [-0.2, -0.15) is 0 Å². The normalized spacial score (nSPS) is 15.2. The first-order chi connectivity index (χ1) is 6.31. The summed E-state index contributed by atoms with van der Waals surface area (Å²) in [5.41, 5.74) is 2.04. The first kappa shape index (κ1) is 8.10. The van der Waals surface area contributed by atoms with Gasteiger partial charge in [0.05, 0.1) is 0 Å². The van der Waals surface area contributed by atoms with Crippen molar-refractivity contribution >= 4 is 6.41 Å². The number of nitrogens with zero attached hydrogens (tertiary/aromatic N) is 1. The molecule has 1 N–H and O–H groups in total. The Hall–Kier alpha value is -1.51. The molecule has 0 aromatic heterocycles. The van der Waals surface area contributed by atoms with Crippen molar-refractivity contribution in [3.63, 3.8) is 0 Å². The van der Waals surface area contributed by atoms with E-state index in [9.17, 15) is 9.90 Å². The zero-order valence-corrected chi connectivity index (χ0v) is 7.23. The zero-order valence-electron chi connectivity index (χ0n) is 7.23. The molecule has 3 nitrogen and oxygen atoms in total. The highest BCUT2D eigenvalue weighted by molar-refractivity contribution is 5.50. The summed E-state index contributed by atoms with van der Waals surface area (Å²) in [5.74, 6) is 0.350. The van der Waals surface area contributed by atoms with Gasteiger partial charge in [-0.05, 0) is 18.1 Å². The largest absolute Gasteiger partial charge is 0.508 e. The summed E-state index contributed by atoms with van der Waals surface area (Å²) in [6, 6.07) is 5.45. The van der Waals surface area contributed by atoms with Crippen LogP contribution in [-0.4, -0.2) is 23.0 Å². The molecular formula is C10H11NO2. The van der Waals surface area contributed by atoms with Gasteiger partial charge in [0, 0.05) is 18.7 Å². The predicted molar refractivity (Wildman–Crippen MR) is 48.3 cm³/mol. The first-order valence-corrected chi connectivity index (χ1v) is 4.30. The predicted octanol–water partition coefficient (Wildman–Crippen LogP) is 0.907. The fraction of sp³-hybridized carbons (Fsp3) is 0.300. The number of hydrogen-bond donors (Lipinski definition) is 1. The van der Waals surface area contributed by atoms with E-state index in [0.717, 1.165) is 24.0 Å². The molecule has 1 aliphatic heterocycles. The Balaban J connectivity index is 2.36. The van der Waals surface area contributed by atoms with E-state index in [2.05, 4.69) is 0 Å². The highest BCUT2D eigenvalue weighted by Gasteiger charge is 2.16. The molecule has 0 spiro atoms. The van der Waals surface area contributed by atoms with Crippen molar-refractivity contribution < 1.29 is 9.90 Å². The number of hydrogen-bond acceptors (Lipinski definition) is 2. The summed E-state index contributed by atoms with van der Waals surface area (Å²) < 4.78 is 0. The molecule has 0 aliphatic carbocycles. The second-order valence-electron chi connectivity index (χ2n) is 3.24.